The number of sulfonamides is 1. The van der Waals surface area contributed by atoms with Crippen molar-refractivity contribution in [2.24, 2.45) is 0 Å². The number of nitrogens with one attached hydrogen (secondary N) is 3. The van der Waals surface area contributed by atoms with Crippen LogP contribution in [0.2, 0.25) is 0 Å². The number of benzene rings is 3. The third-order valence-corrected chi connectivity index (χ3v) is 5.66. The first-order valence-corrected chi connectivity index (χ1v) is 10.6. The molecule has 0 atom stereocenters. The maximum absolute atomic E-state index is 12.4. The number of non-ortho nitro benzene ring substituents is 1. The first kappa shape index (κ1) is 21.2. The van der Waals surface area contributed by atoms with Gasteiger partial charge in [-0.2, -0.15) is 0 Å². The van der Waals surface area contributed by atoms with Crippen molar-refractivity contribution in [3.8, 4) is 0 Å². The smallest absolute Gasteiger partial charge is 0.269 e. The molecule has 0 aliphatic heterocycles. The zero-order valence-electron chi connectivity index (χ0n) is 15.8. The topological polar surface area (TPSA) is 113 Å². The average molecular weight is 443 g/mol. The maximum atomic E-state index is 12.4. The molecule has 0 saturated heterocycles. The molecule has 3 N–H and O–H groups in total. The van der Waals surface area contributed by atoms with Crippen LogP contribution < -0.4 is 15.4 Å². The Morgan fingerprint density at radius 2 is 1.30 bits per heavy atom. The van der Waals surface area contributed by atoms with E-state index in [2.05, 4.69) is 15.4 Å². The van der Waals surface area contributed by atoms with Crippen molar-refractivity contribution in [2.45, 2.75) is 11.8 Å². The third-order valence-electron chi connectivity index (χ3n) is 4.06. The number of nitro benzene ring substituents is 1. The maximum Gasteiger partial charge on any atom is 0.269 e. The fourth-order valence-electron chi connectivity index (χ4n) is 2.51. The van der Waals surface area contributed by atoms with Crippen LogP contribution in [0, 0.1) is 17.0 Å². The summed E-state index contributed by atoms with van der Waals surface area (Å²) in [7, 11) is -3.67. The van der Waals surface area contributed by atoms with E-state index < -0.39 is 14.9 Å². The van der Waals surface area contributed by atoms with Crippen LogP contribution in [-0.2, 0) is 10.0 Å². The number of nitrogens with zero attached hydrogens (tertiary/aromatic N) is 1. The van der Waals surface area contributed by atoms with Gasteiger partial charge in [0.2, 0.25) is 0 Å². The Kier molecular flexibility index (Phi) is 6.28. The van der Waals surface area contributed by atoms with Crippen molar-refractivity contribution >= 4 is 50.1 Å². The Hall–Kier alpha value is -3.50. The standard InChI is InChI=1S/C20H18N4O4S2/c1-14-2-12-19(13-3-14)30(27,28)23-17-6-4-15(5-7-17)21-20(29)22-16-8-10-18(11-9-16)24(25)26/h2-13,23H,1H3,(H2,21,22,29). The summed E-state index contributed by atoms with van der Waals surface area (Å²) in [4.78, 5) is 10.4. The van der Waals surface area contributed by atoms with Gasteiger partial charge in [0.15, 0.2) is 5.11 Å². The number of anilines is 3. The lowest BCUT2D eigenvalue weighted by Crippen LogP contribution is -2.19. The van der Waals surface area contributed by atoms with Gasteiger partial charge in [0.1, 0.15) is 0 Å². The molecule has 0 amide bonds. The average Bonchev–Trinajstić information content (AvgIpc) is 2.70. The van der Waals surface area contributed by atoms with Crippen molar-refractivity contribution in [3.05, 3.63) is 88.5 Å². The highest BCUT2D eigenvalue weighted by Gasteiger charge is 2.13. The lowest BCUT2D eigenvalue weighted by atomic mass is 10.2. The van der Waals surface area contributed by atoms with Gasteiger partial charge in [-0.05, 0) is 67.7 Å². The second-order valence-electron chi connectivity index (χ2n) is 6.38. The third kappa shape index (κ3) is 5.52. The summed E-state index contributed by atoms with van der Waals surface area (Å²) in [5.41, 5.74) is 2.62. The van der Waals surface area contributed by atoms with Gasteiger partial charge in [-0.3, -0.25) is 14.8 Å². The predicted molar refractivity (Wildman–Crippen MR) is 121 cm³/mol. The zero-order valence-corrected chi connectivity index (χ0v) is 17.5. The summed E-state index contributed by atoms with van der Waals surface area (Å²) in [5.74, 6) is 0. The molecule has 0 aliphatic carbocycles. The van der Waals surface area contributed by atoms with Crippen LogP contribution in [0.3, 0.4) is 0 Å². The molecular formula is C20H18N4O4S2. The van der Waals surface area contributed by atoms with Crippen LogP contribution in [0.15, 0.2) is 77.7 Å². The van der Waals surface area contributed by atoms with Crippen LogP contribution in [0.5, 0.6) is 0 Å². The van der Waals surface area contributed by atoms with Gasteiger partial charge in [-0.25, -0.2) is 8.42 Å². The number of nitro groups is 1. The summed E-state index contributed by atoms with van der Waals surface area (Å²) in [5, 5.41) is 16.9. The van der Waals surface area contributed by atoms with E-state index in [1.54, 1.807) is 60.7 Å². The molecule has 3 aromatic carbocycles. The monoisotopic (exact) mass is 442 g/mol. The second-order valence-corrected chi connectivity index (χ2v) is 8.47. The molecule has 154 valence electrons. The van der Waals surface area contributed by atoms with Crippen molar-refractivity contribution in [3.63, 3.8) is 0 Å². The predicted octanol–water partition coefficient (Wildman–Crippen LogP) is 4.51. The van der Waals surface area contributed by atoms with Crippen molar-refractivity contribution in [1.29, 1.82) is 0 Å². The molecule has 0 spiro atoms. The van der Waals surface area contributed by atoms with Crippen LogP contribution in [0.25, 0.3) is 0 Å². The highest BCUT2D eigenvalue weighted by molar-refractivity contribution is 7.92. The molecule has 0 fully saturated rings. The SMILES string of the molecule is Cc1ccc(S(=O)(=O)Nc2ccc(NC(=S)Nc3ccc([N+](=O)[O-])cc3)cc2)cc1. The molecular weight excluding hydrogens is 424 g/mol. The second kappa shape index (κ2) is 8.89. The van der Waals surface area contributed by atoms with Gasteiger partial charge in [0.25, 0.3) is 15.7 Å². The summed E-state index contributed by atoms with van der Waals surface area (Å²) in [6, 6.07) is 19.0. The van der Waals surface area contributed by atoms with E-state index >= 15 is 0 Å². The molecule has 0 unspecified atom stereocenters. The summed E-state index contributed by atoms with van der Waals surface area (Å²) < 4.78 is 27.4. The summed E-state index contributed by atoms with van der Waals surface area (Å²) in [6.07, 6.45) is 0. The number of aryl methyl sites for hydroxylation is 1. The van der Waals surface area contributed by atoms with Gasteiger partial charge in [0.05, 0.1) is 9.82 Å². The molecule has 10 heteroatoms. The normalized spacial score (nSPS) is 10.8. The molecule has 3 rings (SSSR count). The van der Waals surface area contributed by atoms with E-state index in [9.17, 15) is 18.5 Å². The van der Waals surface area contributed by atoms with Crippen molar-refractivity contribution < 1.29 is 13.3 Å². The van der Waals surface area contributed by atoms with Gasteiger partial charge < -0.3 is 10.6 Å². The van der Waals surface area contributed by atoms with Crippen molar-refractivity contribution in [2.75, 3.05) is 15.4 Å². The summed E-state index contributed by atoms with van der Waals surface area (Å²) in [6.45, 7) is 1.89. The van der Waals surface area contributed by atoms with Crippen LogP contribution in [0.4, 0.5) is 22.7 Å². The van der Waals surface area contributed by atoms with E-state index in [4.69, 9.17) is 12.2 Å². The fourth-order valence-corrected chi connectivity index (χ4v) is 3.81. The Labute approximate surface area is 179 Å². The Morgan fingerprint density at radius 1 is 0.833 bits per heavy atom. The Morgan fingerprint density at radius 3 is 1.80 bits per heavy atom. The number of rotatable bonds is 6. The quantitative estimate of drug-likeness (QED) is 0.292. The minimum absolute atomic E-state index is 0.0110. The molecule has 0 aliphatic rings. The van der Waals surface area contributed by atoms with E-state index in [1.807, 2.05) is 6.92 Å². The highest BCUT2D eigenvalue weighted by atomic mass is 32.2. The fraction of sp³-hybridized carbons (Fsp3) is 0.0500. The van der Waals surface area contributed by atoms with E-state index in [1.165, 1.54) is 12.1 Å². The van der Waals surface area contributed by atoms with Crippen molar-refractivity contribution in [1.82, 2.24) is 0 Å². The first-order valence-electron chi connectivity index (χ1n) is 8.75. The van der Waals surface area contributed by atoms with E-state index in [0.717, 1.165) is 5.56 Å². The molecule has 0 aromatic heterocycles. The van der Waals surface area contributed by atoms with Crippen LogP contribution in [-0.4, -0.2) is 18.5 Å². The molecule has 0 bridgehead atoms. The largest absolute Gasteiger partial charge is 0.332 e. The minimum Gasteiger partial charge on any atom is -0.332 e. The minimum atomic E-state index is -3.67. The number of hydrogen-bond donors (Lipinski definition) is 3. The highest BCUT2D eigenvalue weighted by Crippen LogP contribution is 2.20. The van der Waals surface area contributed by atoms with E-state index in [0.29, 0.717) is 17.1 Å². The Bertz CT molecular complexity index is 1160. The number of hydrogen-bond acceptors (Lipinski definition) is 5. The number of thiocarbonyl (C=S) groups is 1. The zero-order chi connectivity index (χ0) is 21.7. The summed E-state index contributed by atoms with van der Waals surface area (Å²) >= 11 is 5.23. The molecule has 8 nitrogen and oxygen atoms in total. The molecule has 0 heterocycles. The molecule has 0 radical (unpaired) electrons. The van der Waals surface area contributed by atoms with Crippen LogP contribution >= 0.6 is 12.2 Å². The Balaban J connectivity index is 1.60. The van der Waals surface area contributed by atoms with Crippen LogP contribution in [0.1, 0.15) is 5.56 Å². The molecule has 0 saturated carbocycles. The lowest BCUT2D eigenvalue weighted by molar-refractivity contribution is -0.384. The molecule has 3 aromatic rings. The first-order chi connectivity index (χ1) is 14.2. The van der Waals surface area contributed by atoms with Gasteiger partial charge in [-0.15, -0.1) is 0 Å². The van der Waals surface area contributed by atoms with Gasteiger partial charge >= 0.3 is 0 Å². The lowest BCUT2D eigenvalue weighted by Gasteiger charge is -2.12. The molecule has 30 heavy (non-hydrogen) atoms. The van der Waals surface area contributed by atoms with E-state index in [-0.39, 0.29) is 15.7 Å². The van der Waals surface area contributed by atoms with Gasteiger partial charge in [-0.1, -0.05) is 17.7 Å². The van der Waals surface area contributed by atoms with Gasteiger partial charge in [0, 0.05) is 29.2 Å².